The number of nitrogens with one attached hydrogen (secondary N) is 2. The standard InChI is InChI=1S/C13H12IN3O/c1-15-12-7-9(5-6-16-12)13(18)17-11-4-2-3-10(14)8-11/h2-8H,1H3,(H,15,16)(H,17,18). The summed E-state index contributed by atoms with van der Waals surface area (Å²) in [7, 11) is 1.77. The van der Waals surface area contributed by atoms with E-state index in [1.54, 1.807) is 25.4 Å². The fraction of sp³-hybridized carbons (Fsp3) is 0.0769. The maximum atomic E-state index is 12.0. The first-order chi connectivity index (χ1) is 8.69. The molecule has 1 aromatic heterocycles. The molecule has 0 unspecified atom stereocenters. The minimum Gasteiger partial charge on any atom is -0.373 e. The van der Waals surface area contributed by atoms with Crippen LogP contribution >= 0.6 is 22.6 Å². The lowest BCUT2D eigenvalue weighted by atomic mass is 10.2. The summed E-state index contributed by atoms with van der Waals surface area (Å²) in [6, 6.07) is 11.1. The maximum absolute atomic E-state index is 12.0. The van der Waals surface area contributed by atoms with Crippen molar-refractivity contribution in [2.45, 2.75) is 0 Å². The number of benzene rings is 1. The summed E-state index contributed by atoms with van der Waals surface area (Å²) in [6.45, 7) is 0. The van der Waals surface area contributed by atoms with Crippen molar-refractivity contribution >= 4 is 40.0 Å². The molecule has 0 aliphatic rings. The Hall–Kier alpha value is -1.63. The number of pyridine rings is 1. The monoisotopic (exact) mass is 353 g/mol. The molecule has 0 fully saturated rings. The SMILES string of the molecule is CNc1cc(C(=O)Nc2cccc(I)c2)ccn1. The van der Waals surface area contributed by atoms with Gasteiger partial charge in [0.05, 0.1) is 0 Å². The number of amides is 1. The lowest BCUT2D eigenvalue weighted by molar-refractivity contribution is 0.102. The van der Waals surface area contributed by atoms with Crippen molar-refractivity contribution in [3.63, 3.8) is 0 Å². The normalized spacial score (nSPS) is 9.89. The number of anilines is 2. The van der Waals surface area contributed by atoms with E-state index in [1.807, 2.05) is 24.3 Å². The second-order valence-electron chi connectivity index (χ2n) is 3.64. The van der Waals surface area contributed by atoms with E-state index < -0.39 is 0 Å². The minimum atomic E-state index is -0.143. The van der Waals surface area contributed by atoms with E-state index in [9.17, 15) is 4.79 Å². The van der Waals surface area contributed by atoms with E-state index in [0.29, 0.717) is 11.4 Å². The first-order valence-corrected chi connectivity index (χ1v) is 6.47. The van der Waals surface area contributed by atoms with Gasteiger partial charge in [0.1, 0.15) is 5.82 Å². The Morgan fingerprint density at radius 3 is 2.83 bits per heavy atom. The number of rotatable bonds is 3. The molecular weight excluding hydrogens is 341 g/mol. The van der Waals surface area contributed by atoms with Gasteiger partial charge in [0, 0.05) is 28.1 Å². The van der Waals surface area contributed by atoms with Crippen molar-refractivity contribution in [3.8, 4) is 0 Å². The summed E-state index contributed by atoms with van der Waals surface area (Å²) >= 11 is 2.21. The zero-order valence-corrected chi connectivity index (χ0v) is 11.9. The average molecular weight is 353 g/mol. The molecule has 0 saturated heterocycles. The van der Waals surface area contributed by atoms with Crippen LogP contribution in [0.25, 0.3) is 0 Å². The van der Waals surface area contributed by atoms with Crippen LogP contribution in [0.3, 0.4) is 0 Å². The number of carbonyl (C=O) groups excluding carboxylic acids is 1. The molecule has 2 rings (SSSR count). The molecule has 1 heterocycles. The molecule has 4 nitrogen and oxygen atoms in total. The van der Waals surface area contributed by atoms with Gasteiger partial charge in [-0.1, -0.05) is 6.07 Å². The highest BCUT2D eigenvalue weighted by molar-refractivity contribution is 14.1. The summed E-state index contributed by atoms with van der Waals surface area (Å²) < 4.78 is 1.08. The van der Waals surface area contributed by atoms with Gasteiger partial charge in [0.15, 0.2) is 0 Å². The molecule has 0 aliphatic heterocycles. The van der Waals surface area contributed by atoms with Gasteiger partial charge in [0.25, 0.3) is 5.91 Å². The Morgan fingerprint density at radius 2 is 2.11 bits per heavy atom. The predicted molar refractivity (Wildman–Crippen MR) is 80.9 cm³/mol. The third-order valence-corrected chi connectivity index (χ3v) is 3.03. The lowest BCUT2D eigenvalue weighted by Gasteiger charge is -2.06. The van der Waals surface area contributed by atoms with Crippen LogP contribution in [-0.4, -0.2) is 17.9 Å². The summed E-state index contributed by atoms with van der Waals surface area (Å²) in [5.41, 5.74) is 1.36. The number of aromatic nitrogens is 1. The highest BCUT2D eigenvalue weighted by Gasteiger charge is 2.07. The molecule has 0 radical (unpaired) electrons. The fourth-order valence-corrected chi connectivity index (χ4v) is 2.02. The molecule has 0 saturated carbocycles. The maximum Gasteiger partial charge on any atom is 0.255 e. The molecule has 0 spiro atoms. The molecule has 92 valence electrons. The fourth-order valence-electron chi connectivity index (χ4n) is 1.48. The molecule has 5 heteroatoms. The molecule has 1 aromatic carbocycles. The van der Waals surface area contributed by atoms with Gasteiger partial charge >= 0.3 is 0 Å². The molecule has 18 heavy (non-hydrogen) atoms. The largest absolute Gasteiger partial charge is 0.373 e. The highest BCUT2D eigenvalue weighted by atomic mass is 127. The molecule has 0 aliphatic carbocycles. The first kappa shape index (κ1) is 12.8. The Morgan fingerprint density at radius 1 is 1.28 bits per heavy atom. The predicted octanol–water partition coefficient (Wildman–Crippen LogP) is 2.98. The van der Waals surface area contributed by atoms with Crippen molar-refractivity contribution in [2.75, 3.05) is 17.7 Å². The van der Waals surface area contributed by atoms with Crippen LogP contribution in [0.1, 0.15) is 10.4 Å². The Balaban J connectivity index is 2.16. The van der Waals surface area contributed by atoms with E-state index in [1.165, 1.54) is 0 Å². The van der Waals surface area contributed by atoms with Crippen molar-refractivity contribution in [1.82, 2.24) is 4.98 Å². The topological polar surface area (TPSA) is 54.0 Å². The van der Waals surface area contributed by atoms with Crippen molar-refractivity contribution < 1.29 is 4.79 Å². The first-order valence-electron chi connectivity index (χ1n) is 5.40. The lowest BCUT2D eigenvalue weighted by Crippen LogP contribution is -2.12. The zero-order chi connectivity index (χ0) is 13.0. The van der Waals surface area contributed by atoms with Gasteiger partial charge < -0.3 is 10.6 Å². The van der Waals surface area contributed by atoms with Crippen LogP contribution < -0.4 is 10.6 Å². The van der Waals surface area contributed by atoms with Crippen molar-refractivity contribution in [1.29, 1.82) is 0 Å². The molecule has 0 bridgehead atoms. The van der Waals surface area contributed by atoms with Crippen LogP contribution in [-0.2, 0) is 0 Å². The van der Waals surface area contributed by atoms with E-state index >= 15 is 0 Å². The third kappa shape index (κ3) is 3.19. The number of halogens is 1. The number of nitrogens with zero attached hydrogens (tertiary/aromatic N) is 1. The highest BCUT2D eigenvalue weighted by Crippen LogP contribution is 2.14. The van der Waals surface area contributed by atoms with E-state index in [2.05, 4.69) is 38.2 Å². The van der Waals surface area contributed by atoms with Gasteiger partial charge in [-0.05, 0) is 52.9 Å². The molecule has 2 N–H and O–H groups in total. The average Bonchev–Trinajstić information content (AvgIpc) is 2.39. The van der Waals surface area contributed by atoms with E-state index in [4.69, 9.17) is 0 Å². The molecule has 1 amide bonds. The summed E-state index contributed by atoms with van der Waals surface area (Å²) in [6.07, 6.45) is 1.61. The minimum absolute atomic E-state index is 0.143. The van der Waals surface area contributed by atoms with Gasteiger partial charge in [-0.3, -0.25) is 4.79 Å². The number of hydrogen-bond acceptors (Lipinski definition) is 3. The van der Waals surface area contributed by atoms with Crippen LogP contribution in [0, 0.1) is 3.57 Å². The molecule has 0 atom stereocenters. The van der Waals surface area contributed by atoms with Crippen LogP contribution in [0.2, 0.25) is 0 Å². The summed E-state index contributed by atoms with van der Waals surface area (Å²) in [4.78, 5) is 16.1. The molecular formula is C13H12IN3O. The van der Waals surface area contributed by atoms with E-state index in [0.717, 1.165) is 9.26 Å². The smallest absolute Gasteiger partial charge is 0.255 e. The Labute approximate surface area is 119 Å². The summed E-state index contributed by atoms with van der Waals surface area (Å²) in [5, 5.41) is 5.75. The Kier molecular flexibility index (Phi) is 4.14. The summed E-state index contributed by atoms with van der Waals surface area (Å²) in [5.74, 6) is 0.529. The number of hydrogen-bond donors (Lipinski definition) is 2. The quantitative estimate of drug-likeness (QED) is 0.835. The van der Waals surface area contributed by atoms with Gasteiger partial charge in [0.2, 0.25) is 0 Å². The van der Waals surface area contributed by atoms with Gasteiger partial charge in [-0.25, -0.2) is 4.98 Å². The third-order valence-electron chi connectivity index (χ3n) is 2.36. The van der Waals surface area contributed by atoms with E-state index in [-0.39, 0.29) is 5.91 Å². The van der Waals surface area contributed by atoms with Crippen LogP contribution in [0.5, 0.6) is 0 Å². The molecule has 2 aromatic rings. The zero-order valence-electron chi connectivity index (χ0n) is 9.77. The van der Waals surface area contributed by atoms with Gasteiger partial charge in [-0.15, -0.1) is 0 Å². The van der Waals surface area contributed by atoms with Gasteiger partial charge in [-0.2, -0.15) is 0 Å². The number of carbonyl (C=O) groups is 1. The second kappa shape index (κ2) is 5.81. The van der Waals surface area contributed by atoms with Crippen molar-refractivity contribution in [2.24, 2.45) is 0 Å². The second-order valence-corrected chi connectivity index (χ2v) is 4.89. The van der Waals surface area contributed by atoms with Crippen LogP contribution in [0.4, 0.5) is 11.5 Å². The van der Waals surface area contributed by atoms with Crippen molar-refractivity contribution in [3.05, 3.63) is 51.7 Å². The van der Waals surface area contributed by atoms with Crippen LogP contribution in [0.15, 0.2) is 42.6 Å². The Bertz CT molecular complexity index is 572.